The maximum Gasteiger partial charge on any atom is 0.288 e. The van der Waals surface area contributed by atoms with Gasteiger partial charge in [-0.1, -0.05) is 12.1 Å². The summed E-state index contributed by atoms with van der Waals surface area (Å²) in [6, 6.07) is 9.73. The first-order valence-corrected chi connectivity index (χ1v) is 8.60. The molecule has 1 aromatic heterocycles. The van der Waals surface area contributed by atoms with Gasteiger partial charge in [-0.05, 0) is 24.3 Å². The summed E-state index contributed by atoms with van der Waals surface area (Å²) in [4.78, 5) is 37.2. The van der Waals surface area contributed by atoms with Crippen LogP contribution in [-0.2, 0) is 15.3 Å². The van der Waals surface area contributed by atoms with Crippen LogP contribution < -0.4 is 5.43 Å². The second kappa shape index (κ2) is 5.20. The first-order valence-electron chi connectivity index (χ1n) is 6.69. The van der Waals surface area contributed by atoms with Crippen molar-refractivity contribution in [3.63, 3.8) is 0 Å². The quantitative estimate of drug-likeness (QED) is 0.422. The van der Waals surface area contributed by atoms with Crippen molar-refractivity contribution < 1.29 is 22.3 Å². The molecule has 0 saturated carbocycles. The number of imide groups is 1. The summed E-state index contributed by atoms with van der Waals surface area (Å²) in [5.74, 6) is -1.77. The van der Waals surface area contributed by atoms with Crippen molar-refractivity contribution in [1.82, 2.24) is 5.06 Å². The lowest BCUT2D eigenvalue weighted by Crippen LogP contribution is -2.29. The Kier molecular flexibility index (Phi) is 3.23. The number of hydrogen-bond donors (Lipinski definition) is 1. The summed E-state index contributed by atoms with van der Waals surface area (Å²) in [7, 11) is -3.42. The lowest BCUT2D eigenvalue weighted by Gasteiger charge is -2.06. The Morgan fingerprint density at radius 2 is 1.67 bits per heavy atom. The molecule has 0 spiro atoms. The van der Waals surface area contributed by atoms with Gasteiger partial charge >= 0.3 is 0 Å². The lowest BCUT2D eigenvalue weighted by atomic mass is 10.1. The molecule has 3 aromatic rings. The summed E-state index contributed by atoms with van der Waals surface area (Å²) >= 11 is 1.19. The Bertz CT molecular complexity index is 1190. The minimum atomic E-state index is -3.42. The van der Waals surface area contributed by atoms with Crippen LogP contribution in [0.5, 0.6) is 0 Å². The third kappa shape index (κ3) is 1.99. The number of rotatable bonds is 2. The van der Waals surface area contributed by atoms with Crippen LogP contribution in [0.4, 0.5) is 0 Å². The van der Waals surface area contributed by atoms with Crippen LogP contribution in [0.15, 0.2) is 41.2 Å². The lowest BCUT2D eigenvalue weighted by molar-refractivity contribution is -0.00742. The topological polar surface area (TPSA) is 97.8 Å². The van der Waals surface area contributed by atoms with Gasteiger partial charge < -0.3 is 0 Å². The van der Waals surface area contributed by atoms with Crippen molar-refractivity contribution in [2.24, 2.45) is 0 Å². The fraction of sp³-hybridized carbons (Fsp3) is 0. The van der Waals surface area contributed by atoms with Crippen molar-refractivity contribution in [1.29, 1.82) is 0 Å². The molecule has 0 bridgehead atoms. The minimum Gasteiger partial charge on any atom is -0.289 e. The van der Waals surface area contributed by atoms with Crippen LogP contribution in [0.1, 0.15) is 20.7 Å². The number of nitrogens with zero attached hydrogens (tertiary/aromatic N) is 1. The van der Waals surface area contributed by atoms with Gasteiger partial charge in [0.25, 0.3) is 22.8 Å². The highest BCUT2D eigenvalue weighted by Crippen LogP contribution is 2.34. The first-order chi connectivity index (χ1) is 11.5. The van der Waals surface area contributed by atoms with Crippen LogP contribution in [0.25, 0.3) is 20.2 Å². The predicted octanol–water partition coefficient (Wildman–Crippen LogP) is 1.47. The SMILES string of the molecule is O=C1c2ccc3c(=O)c4ccccc4sc3c2C(=O)N1O[SH](=O)=O. The van der Waals surface area contributed by atoms with Crippen molar-refractivity contribution in [2.75, 3.05) is 0 Å². The molecule has 2 amide bonds. The molecule has 7 nitrogen and oxygen atoms in total. The van der Waals surface area contributed by atoms with Gasteiger partial charge in [0.05, 0.1) is 15.8 Å². The molecule has 0 saturated heterocycles. The van der Waals surface area contributed by atoms with Gasteiger partial charge in [0.1, 0.15) is 0 Å². The van der Waals surface area contributed by atoms with Gasteiger partial charge in [-0.15, -0.1) is 20.7 Å². The van der Waals surface area contributed by atoms with E-state index >= 15 is 0 Å². The zero-order valence-electron chi connectivity index (χ0n) is 11.7. The van der Waals surface area contributed by atoms with E-state index in [1.807, 2.05) is 0 Å². The first kappa shape index (κ1) is 14.9. The average Bonchev–Trinajstić information content (AvgIpc) is 2.80. The monoisotopic (exact) mass is 361 g/mol. The summed E-state index contributed by atoms with van der Waals surface area (Å²) < 4.78 is 26.7. The second-order valence-corrected chi connectivity index (χ2v) is 6.66. The maximum atomic E-state index is 12.6. The Labute approximate surface area is 139 Å². The summed E-state index contributed by atoms with van der Waals surface area (Å²) in [6.45, 7) is 0. The molecule has 2 heterocycles. The van der Waals surface area contributed by atoms with Gasteiger partial charge in [-0.3, -0.25) is 14.4 Å². The van der Waals surface area contributed by atoms with E-state index in [4.69, 9.17) is 0 Å². The van der Waals surface area contributed by atoms with E-state index in [2.05, 4.69) is 4.28 Å². The molecule has 0 fully saturated rings. The van der Waals surface area contributed by atoms with E-state index in [0.29, 0.717) is 20.2 Å². The van der Waals surface area contributed by atoms with E-state index < -0.39 is 22.8 Å². The molecule has 0 unspecified atom stereocenters. The summed E-state index contributed by atoms with van der Waals surface area (Å²) in [6.07, 6.45) is 0. The molecule has 0 aliphatic carbocycles. The molecule has 2 aromatic carbocycles. The molecule has 0 N–H and O–H groups in total. The van der Waals surface area contributed by atoms with Crippen LogP contribution in [0.3, 0.4) is 0 Å². The molecule has 4 rings (SSSR count). The Hall–Kier alpha value is -2.62. The van der Waals surface area contributed by atoms with E-state index in [1.54, 1.807) is 24.3 Å². The van der Waals surface area contributed by atoms with Gasteiger partial charge in [0.15, 0.2) is 5.43 Å². The predicted molar refractivity (Wildman–Crippen MR) is 87.5 cm³/mol. The van der Waals surface area contributed by atoms with Crippen molar-refractivity contribution in [3.05, 3.63) is 57.7 Å². The van der Waals surface area contributed by atoms with Gasteiger partial charge in [-0.2, -0.15) is 0 Å². The smallest absolute Gasteiger partial charge is 0.288 e. The number of carbonyl (C=O) groups excluding carboxylic acids is 2. The fourth-order valence-electron chi connectivity index (χ4n) is 2.70. The zero-order chi connectivity index (χ0) is 17.0. The molecule has 120 valence electrons. The average molecular weight is 361 g/mol. The largest absolute Gasteiger partial charge is 0.289 e. The second-order valence-electron chi connectivity index (χ2n) is 5.00. The number of hydrogen-bond acceptors (Lipinski definition) is 7. The van der Waals surface area contributed by atoms with E-state index in [1.165, 1.54) is 23.5 Å². The molecular formula is C15H7NO6S2. The molecule has 9 heteroatoms. The number of fused-ring (bicyclic) bond motifs is 4. The number of carbonyl (C=O) groups is 2. The van der Waals surface area contributed by atoms with Crippen LogP contribution in [-0.4, -0.2) is 25.3 Å². The van der Waals surface area contributed by atoms with Crippen LogP contribution in [0, 0.1) is 0 Å². The Morgan fingerprint density at radius 1 is 0.917 bits per heavy atom. The van der Waals surface area contributed by atoms with Gasteiger partial charge in [0, 0.05) is 15.5 Å². The molecule has 0 atom stereocenters. The molecule has 1 aliphatic heterocycles. The highest BCUT2D eigenvalue weighted by atomic mass is 32.2. The van der Waals surface area contributed by atoms with E-state index in [-0.39, 0.29) is 21.6 Å². The molecule has 1 aliphatic rings. The fourth-order valence-corrected chi connectivity index (χ4v) is 4.19. The van der Waals surface area contributed by atoms with Crippen LogP contribution >= 0.6 is 11.3 Å². The van der Waals surface area contributed by atoms with Crippen molar-refractivity contribution in [3.8, 4) is 0 Å². The van der Waals surface area contributed by atoms with E-state index in [0.717, 1.165) is 0 Å². The Morgan fingerprint density at radius 3 is 2.42 bits per heavy atom. The number of thiol groups is 1. The third-order valence-corrected chi connectivity index (χ3v) is 5.21. The molecular weight excluding hydrogens is 354 g/mol. The summed E-state index contributed by atoms with van der Waals surface area (Å²) in [5, 5.41) is 1.01. The van der Waals surface area contributed by atoms with Gasteiger partial charge in [0.2, 0.25) is 0 Å². The molecule has 24 heavy (non-hydrogen) atoms. The van der Waals surface area contributed by atoms with Crippen LogP contribution in [0.2, 0.25) is 0 Å². The van der Waals surface area contributed by atoms with Crippen molar-refractivity contribution in [2.45, 2.75) is 0 Å². The number of benzene rings is 2. The Balaban J connectivity index is 2.08. The highest BCUT2D eigenvalue weighted by Gasteiger charge is 2.39. The number of amides is 2. The third-order valence-electron chi connectivity index (χ3n) is 3.71. The maximum absolute atomic E-state index is 12.6. The highest BCUT2D eigenvalue weighted by molar-refractivity contribution is 7.67. The van der Waals surface area contributed by atoms with Crippen molar-refractivity contribution >= 4 is 54.3 Å². The minimum absolute atomic E-state index is 0.00952. The zero-order valence-corrected chi connectivity index (χ0v) is 13.4. The molecule has 0 radical (unpaired) electrons. The standard InChI is InChI=1S/C15H7NO6S2/c17-12-7-3-1-2-4-10(7)23-13-9(12)6-5-8-11(13)15(19)16(14(8)18)22-24(20)21/h1-6,24H. The van der Waals surface area contributed by atoms with E-state index in [9.17, 15) is 22.8 Å². The normalized spacial score (nSPS) is 14.1. The number of hydroxylamine groups is 2. The summed E-state index contributed by atoms with van der Waals surface area (Å²) in [5.41, 5.74) is -0.255. The van der Waals surface area contributed by atoms with Gasteiger partial charge in [-0.25, -0.2) is 8.42 Å².